The molecule has 1 aromatic heterocycles. The largest absolute Gasteiger partial charge is 0.477 e. The van der Waals surface area contributed by atoms with Gasteiger partial charge in [0.05, 0.1) is 5.69 Å². The van der Waals surface area contributed by atoms with E-state index in [1.54, 1.807) is 18.2 Å². The Morgan fingerprint density at radius 3 is 2.81 bits per heavy atom. The van der Waals surface area contributed by atoms with Crippen molar-refractivity contribution < 1.29 is 9.90 Å². The molecule has 0 radical (unpaired) electrons. The first-order valence-electron chi connectivity index (χ1n) is 4.39. The number of aromatic carboxylic acids is 1. The van der Waals surface area contributed by atoms with Crippen LogP contribution in [0.1, 0.15) is 10.5 Å². The number of carboxylic acids is 1. The number of rotatable bonds is 2. The van der Waals surface area contributed by atoms with Gasteiger partial charge in [0.1, 0.15) is 0 Å². The number of hydrogen-bond acceptors (Lipinski definition) is 2. The van der Waals surface area contributed by atoms with Gasteiger partial charge >= 0.3 is 11.7 Å². The molecule has 0 atom stereocenters. The maximum Gasteiger partial charge on any atom is 0.354 e. The van der Waals surface area contributed by atoms with Gasteiger partial charge in [-0.25, -0.2) is 9.59 Å². The molecule has 0 saturated carbocycles. The normalized spacial score (nSPS) is 10.3. The van der Waals surface area contributed by atoms with Gasteiger partial charge in [0, 0.05) is 11.2 Å². The van der Waals surface area contributed by atoms with Crippen LogP contribution in [-0.2, 0) is 0 Å². The Balaban J connectivity index is 2.68. The number of aromatic nitrogens is 2. The number of carbonyl (C=O) groups is 1. The van der Waals surface area contributed by atoms with Gasteiger partial charge in [-0.05, 0) is 18.2 Å². The van der Waals surface area contributed by atoms with Gasteiger partial charge in [-0.2, -0.15) is 0 Å². The Hall–Kier alpha value is -2.01. The number of aromatic amines is 1. The third kappa shape index (κ3) is 1.72. The number of nitrogens with one attached hydrogen (secondary N) is 1. The van der Waals surface area contributed by atoms with E-state index in [0.717, 1.165) is 10.8 Å². The molecule has 0 unspecified atom stereocenters. The van der Waals surface area contributed by atoms with E-state index in [4.69, 9.17) is 16.7 Å². The fourth-order valence-corrected chi connectivity index (χ4v) is 1.58. The molecule has 0 aliphatic heterocycles. The lowest BCUT2D eigenvalue weighted by atomic mass is 10.3. The summed E-state index contributed by atoms with van der Waals surface area (Å²) in [6.45, 7) is 0. The zero-order chi connectivity index (χ0) is 11.7. The molecule has 1 heterocycles. The fourth-order valence-electron chi connectivity index (χ4n) is 1.40. The summed E-state index contributed by atoms with van der Waals surface area (Å²) in [6.07, 6.45) is 1.14. The van der Waals surface area contributed by atoms with Crippen LogP contribution in [0.3, 0.4) is 0 Å². The molecule has 0 fully saturated rings. The highest BCUT2D eigenvalue weighted by Crippen LogP contribution is 2.14. The molecule has 0 bridgehead atoms. The quantitative estimate of drug-likeness (QED) is 0.833. The number of benzene rings is 1. The molecule has 2 aromatic rings. The molecule has 0 aliphatic carbocycles. The molecule has 0 amide bonds. The number of H-pyrrole nitrogens is 1. The van der Waals surface area contributed by atoms with Crippen molar-refractivity contribution in [1.82, 2.24) is 9.55 Å². The maximum atomic E-state index is 11.5. The van der Waals surface area contributed by atoms with Crippen molar-refractivity contribution in [2.75, 3.05) is 0 Å². The maximum absolute atomic E-state index is 11.5. The van der Waals surface area contributed by atoms with Gasteiger partial charge in [-0.1, -0.05) is 17.7 Å². The summed E-state index contributed by atoms with van der Waals surface area (Å²) in [6, 6.07) is 6.41. The van der Waals surface area contributed by atoms with E-state index in [2.05, 4.69) is 4.98 Å². The van der Waals surface area contributed by atoms with E-state index in [-0.39, 0.29) is 5.69 Å². The number of halogens is 1. The van der Waals surface area contributed by atoms with Crippen molar-refractivity contribution in [3.05, 3.63) is 51.7 Å². The third-order valence-corrected chi connectivity index (χ3v) is 2.30. The number of imidazole rings is 1. The fraction of sp³-hybridized carbons (Fsp3) is 0. The zero-order valence-electron chi connectivity index (χ0n) is 7.98. The molecule has 5 nitrogen and oxygen atoms in total. The van der Waals surface area contributed by atoms with Crippen LogP contribution in [0.4, 0.5) is 0 Å². The number of hydrogen-bond donors (Lipinski definition) is 2. The second kappa shape index (κ2) is 3.86. The number of carboxylic acid groups (broad SMARTS) is 1. The van der Waals surface area contributed by atoms with Gasteiger partial charge < -0.3 is 10.1 Å². The first-order valence-corrected chi connectivity index (χ1v) is 4.77. The second-order valence-electron chi connectivity index (χ2n) is 3.10. The van der Waals surface area contributed by atoms with Crippen LogP contribution in [0, 0.1) is 0 Å². The predicted octanol–water partition coefficient (Wildman–Crippen LogP) is 1.52. The van der Waals surface area contributed by atoms with Crippen LogP contribution in [0.5, 0.6) is 0 Å². The summed E-state index contributed by atoms with van der Waals surface area (Å²) >= 11 is 5.77. The Morgan fingerprint density at radius 1 is 1.44 bits per heavy atom. The monoisotopic (exact) mass is 238 g/mol. The van der Waals surface area contributed by atoms with E-state index < -0.39 is 11.7 Å². The van der Waals surface area contributed by atoms with Gasteiger partial charge in [-0.15, -0.1) is 0 Å². The minimum absolute atomic E-state index is 0.132. The molecule has 0 aliphatic rings. The SMILES string of the molecule is O=C(O)c1c[nH]c(=O)n1-c1cccc(Cl)c1. The minimum Gasteiger partial charge on any atom is -0.477 e. The average molecular weight is 239 g/mol. The molecule has 2 rings (SSSR count). The Kier molecular flexibility index (Phi) is 2.54. The Morgan fingerprint density at radius 2 is 2.19 bits per heavy atom. The molecular weight excluding hydrogens is 232 g/mol. The van der Waals surface area contributed by atoms with Crippen LogP contribution in [0.25, 0.3) is 5.69 Å². The van der Waals surface area contributed by atoms with Crippen molar-refractivity contribution in [1.29, 1.82) is 0 Å². The molecule has 0 saturated heterocycles. The first kappa shape index (κ1) is 10.5. The van der Waals surface area contributed by atoms with Crippen molar-refractivity contribution >= 4 is 17.6 Å². The van der Waals surface area contributed by atoms with Crippen LogP contribution in [0.2, 0.25) is 5.02 Å². The lowest BCUT2D eigenvalue weighted by molar-refractivity contribution is 0.0688. The van der Waals surface area contributed by atoms with Gasteiger partial charge in [0.15, 0.2) is 5.69 Å². The number of nitrogens with zero attached hydrogens (tertiary/aromatic N) is 1. The van der Waals surface area contributed by atoms with E-state index >= 15 is 0 Å². The highest BCUT2D eigenvalue weighted by atomic mass is 35.5. The van der Waals surface area contributed by atoms with Crippen molar-refractivity contribution in [3.63, 3.8) is 0 Å². The van der Waals surface area contributed by atoms with Gasteiger partial charge in [0.25, 0.3) is 0 Å². The van der Waals surface area contributed by atoms with Crippen LogP contribution >= 0.6 is 11.6 Å². The molecule has 1 aromatic carbocycles. The van der Waals surface area contributed by atoms with Crippen LogP contribution in [-0.4, -0.2) is 20.6 Å². The zero-order valence-corrected chi connectivity index (χ0v) is 8.73. The second-order valence-corrected chi connectivity index (χ2v) is 3.54. The van der Waals surface area contributed by atoms with E-state index in [1.807, 2.05) is 0 Å². The molecule has 0 spiro atoms. The highest BCUT2D eigenvalue weighted by molar-refractivity contribution is 6.30. The predicted molar refractivity (Wildman–Crippen MR) is 58.4 cm³/mol. The van der Waals surface area contributed by atoms with Gasteiger partial charge in [-0.3, -0.25) is 4.57 Å². The highest BCUT2D eigenvalue weighted by Gasteiger charge is 2.14. The molecule has 6 heteroatoms. The van der Waals surface area contributed by atoms with Crippen molar-refractivity contribution in [2.45, 2.75) is 0 Å². The molecule has 82 valence electrons. The summed E-state index contributed by atoms with van der Waals surface area (Å²) in [5.74, 6) is -1.18. The summed E-state index contributed by atoms with van der Waals surface area (Å²) in [5.41, 5.74) is -0.233. The summed E-state index contributed by atoms with van der Waals surface area (Å²) in [5, 5.41) is 9.33. The van der Waals surface area contributed by atoms with Crippen LogP contribution < -0.4 is 5.69 Å². The average Bonchev–Trinajstić information content (AvgIpc) is 2.60. The van der Waals surface area contributed by atoms with Gasteiger partial charge in [0.2, 0.25) is 0 Å². The smallest absolute Gasteiger partial charge is 0.354 e. The van der Waals surface area contributed by atoms with E-state index in [9.17, 15) is 9.59 Å². The van der Waals surface area contributed by atoms with E-state index in [1.165, 1.54) is 6.07 Å². The minimum atomic E-state index is -1.18. The summed E-state index contributed by atoms with van der Waals surface area (Å²) in [4.78, 5) is 24.7. The Labute approximate surface area is 94.9 Å². The first-order chi connectivity index (χ1) is 7.59. The lowest BCUT2D eigenvalue weighted by Crippen LogP contribution is -2.18. The summed E-state index contributed by atoms with van der Waals surface area (Å²) < 4.78 is 1.05. The third-order valence-electron chi connectivity index (χ3n) is 2.06. The molecule has 16 heavy (non-hydrogen) atoms. The molecular formula is C10H7ClN2O3. The van der Waals surface area contributed by atoms with Crippen molar-refractivity contribution in [3.8, 4) is 5.69 Å². The summed E-state index contributed by atoms with van der Waals surface area (Å²) in [7, 11) is 0. The topological polar surface area (TPSA) is 75.1 Å². The standard InChI is InChI=1S/C10H7ClN2O3/c11-6-2-1-3-7(4-6)13-8(9(14)15)5-12-10(13)16/h1-5H,(H,12,16)(H,14,15). The van der Waals surface area contributed by atoms with Crippen LogP contribution in [0.15, 0.2) is 35.3 Å². The van der Waals surface area contributed by atoms with E-state index in [0.29, 0.717) is 10.7 Å². The molecule has 2 N–H and O–H groups in total. The lowest BCUT2D eigenvalue weighted by Gasteiger charge is -2.03. The Bertz CT molecular complexity index is 600. The van der Waals surface area contributed by atoms with Crippen molar-refractivity contribution in [2.24, 2.45) is 0 Å².